The summed E-state index contributed by atoms with van der Waals surface area (Å²) in [6.07, 6.45) is 1.54. The summed E-state index contributed by atoms with van der Waals surface area (Å²) in [5.74, 6) is -0.502. The molecule has 0 saturated carbocycles. The summed E-state index contributed by atoms with van der Waals surface area (Å²) in [7, 11) is -1.08. The molecule has 0 aliphatic heterocycles. The van der Waals surface area contributed by atoms with Crippen molar-refractivity contribution in [2.45, 2.75) is 38.4 Å². The highest BCUT2D eigenvalue weighted by atomic mass is 35.5. The zero-order valence-electron chi connectivity index (χ0n) is 14.2. The number of carbonyl (C=O) groups excluding carboxylic acids is 1. The van der Waals surface area contributed by atoms with Crippen LogP contribution in [0.15, 0.2) is 36.9 Å². The quantitative estimate of drug-likeness (QED) is 0.539. The first-order chi connectivity index (χ1) is 10.7. The molecule has 0 bridgehead atoms. The predicted molar refractivity (Wildman–Crippen MR) is 97.3 cm³/mol. The SMILES string of the molecule is C=CCOC(=O)[C@@H](C)[C@H](C[S@](=O)C(C)(C)C)c1ccc(Cl)cc1. The van der Waals surface area contributed by atoms with E-state index < -0.39 is 16.7 Å². The molecule has 3 nitrogen and oxygen atoms in total. The number of rotatable bonds is 7. The van der Waals surface area contributed by atoms with Crippen LogP contribution in [0.3, 0.4) is 0 Å². The number of halogens is 1. The van der Waals surface area contributed by atoms with Crippen LogP contribution in [0.2, 0.25) is 5.02 Å². The number of ether oxygens (including phenoxy) is 1. The summed E-state index contributed by atoms with van der Waals surface area (Å²) >= 11 is 5.94. The van der Waals surface area contributed by atoms with E-state index in [0.717, 1.165) is 5.56 Å². The number of benzene rings is 1. The van der Waals surface area contributed by atoms with Crippen molar-refractivity contribution in [3.63, 3.8) is 0 Å². The molecule has 0 amide bonds. The van der Waals surface area contributed by atoms with Crippen LogP contribution in [0.4, 0.5) is 0 Å². The molecule has 23 heavy (non-hydrogen) atoms. The van der Waals surface area contributed by atoms with Gasteiger partial charge in [-0.15, -0.1) is 0 Å². The van der Waals surface area contributed by atoms with Crippen LogP contribution in [0, 0.1) is 5.92 Å². The van der Waals surface area contributed by atoms with Gasteiger partial charge >= 0.3 is 5.97 Å². The molecule has 0 spiro atoms. The van der Waals surface area contributed by atoms with E-state index in [9.17, 15) is 9.00 Å². The van der Waals surface area contributed by atoms with Crippen molar-refractivity contribution in [2.24, 2.45) is 5.92 Å². The molecule has 128 valence electrons. The van der Waals surface area contributed by atoms with Gasteiger partial charge in [0, 0.05) is 32.2 Å². The van der Waals surface area contributed by atoms with Crippen molar-refractivity contribution in [2.75, 3.05) is 12.4 Å². The molecular weight excluding hydrogens is 332 g/mol. The van der Waals surface area contributed by atoms with Gasteiger partial charge < -0.3 is 4.74 Å². The molecule has 1 rings (SSSR count). The number of esters is 1. The Morgan fingerprint density at radius 2 is 1.91 bits per heavy atom. The molecule has 0 unspecified atom stereocenters. The standard InChI is InChI=1S/C18H25ClO3S/c1-6-11-22-17(20)13(2)16(12-23(21)18(3,4)5)14-7-9-15(19)10-8-14/h6-10,13,16H,1,11-12H2,2-5H3/t13-,16-,23-/m0/s1. The molecule has 0 fully saturated rings. The van der Waals surface area contributed by atoms with Crippen LogP contribution >= 0.6 is 11.6 Å². The van der Waals surface area contributed by atoms with Crippen molar-refractivity contribution in [1.29, 1.82) is 0 Å². The minimum absolute atomic E-state index is 0.179. The lowest BCUT2D eigenvalue weighted by atomic mass is 9.89. The molecule has 3 atom stereocenters. The predicted octanol–water partition coefficient (Wildman–Crippen LogP) is 4.34. The Kier molecular flexibility index (Phi) is 7.49. The molecule has 5 heteroatoms. The highest BCUT2D eigenvalue weighted by Crippen LogP contribution is 2.30. The Morgan fingerprint density at radius 3 is 2.39 bits per heavy atom. The molecule has 0 aromatic heterocycles. The normalized spacial score (nSPS) is 15.5. The molecule has 0 saturated heterocycles. The topological polar surface area (TPSA) is 43.4 Å². The maximum Gasteiger partial charge on any atom is 0.309 e. The third-order valence-electron chi connectivity index (χ3n) is 3.63. The van der Waals surface area contributed by atoms with Gasteiger partial charge in [-0.25, -0.2) is 0 Å². The second-order valence-electron chi connectivity index (χ2n) is 6.49. The Balaban J connectivity index is 3.05. The van der Waals surface area contributed by atoms with Gasteiger partial charge in [0.2, 0.25) is 0 Å². The van der Waals surface area contributed by atoms with Gasteiger partial charge in [0.1, 0.15) is 6.61 Å². The van der Waals surface area contributed by atoms with Gasteiger partial charge in [-0.1, -0.05) is 43.3 Å². The zero-order chi connectivity index (χ0) is 17.6. The molecule has 1 aromatic rings. The lowest BCUT2D eigenvalue weighted by Gasteiger charge is -2.26. The van der Waals surface area contributed by atoms with Crippen LogP contribution < -0.4 is 0 Å². The van der Waals surface area contributed by atoms with E-state index in [0.29, 0.717) is 10.8 Å². The Morgan fingerprint density at radius 1 is 1.35 bits per heavy atom. The van der Waals surface area contributed by atoms with Crippen LogP contribution in [-0.2, 0) is 20.3 Å². The van der Waals surface area contributed by atoms with E-state index in [2.05, 4.69) is 6.58 Å². The third-order valence-corrected chi connectivity index (χ3v) is 5.91. The Hall–Kier alpha value is -1.13. The van der Waals surface area contributed by atoms with Crippen LogP contribution in [0.5, 0.6) is 0 Å². The first-order valence-electron chi connectivity index (χ1n) is 7.58. The molecule has 0 radical (unpaired) electrons. The van der Waals surface area contributed by atoms with Crippen LogP contribution in [0.25, 0.3) is 0 Å². The van der Waals surface area contributed by atoms with Crippen molar-refractivity contribution < 1.29 is 13.7 Å². The second kappa shape index (κ2) is 8.65. The van der Waals surface area contributed by atoms with E-state index in [1.807, 2.05) is 39.8 Å². The summed E-state index contributed by atoms with van der Waals surface area (Å²) < 4.78 is 17.4. The van der Waals surface area contributed by atoms with Gasteiger partial charge in [0.15, 0.2) is 0 Å². The number of carbonyl (C=O) groups is 1. The van der Waals surface area contributed by atoms with E-state index >= 15 is 0 Å². The van der Waals surface area contributed by atoms with Crippen LogP contribution in [0.1, 0.15) is 39.2 Å². The zero-order valence-corrected chi connectivity index (χ0v) is 15.7. The summed E-state index contributed by atoms with van der Waals surface area (Å²) in [5, 5.41) is 0.631. The first kappa shape index (κ1) is 19.9. The Bertz CT molecular complexity index is 561. The van der Waals surface area contributed by atoms with Gasteiger partial charge in [0.05, 0.1) is 5.92 Å². The minimum Gasteiger partial charge on any atom is -0.461 e. The van der Waals surface area contributed by atoms with E-state index in [1.54, 1.807) is 12.1 Å². The fourth-order valence-corrected chi connectivity index (χ4v) is 3.52. The first-order valence-corrected chi connectivity index (χ1v) is 9.28. The monoisotopic (exact) mass is 356 g/mol. The van der Waals surface area contributed by atoms with Crippen molar-refractivity contribution in [3.05, 3.63) is 47.5 Å². The lowest BCUT2D eigenvalue weighted by Crippen LogP contribution is -2.31. The van der Waals surface area contributed by atoms with Gasteiger partial charge in [-0.3, -0.25) is 9.00 Å². The lowest BCUT2D eigenvalue weighted by molar-refractivity contribution is -0.147. The summed E-state index contributed by atoms with van der Waals surface area (Å²) in [5.41, 5.74) is 0.940. The third kappa shape index (κ3) is 6.11. The molecule has 0 N–H and O–H groups in total. The fraction of sp³-hybridized carbons (Fsp3) is 0.500. The molecule has 0 heterocycles. The van der Waals surface area contributed by atoms with Crippen LogP contribution in [-0.4, -0.2) is 27.3 Å². The molecule has 0 aliphatic carbocycles. The maximum absolute atomic E-state index is 12.6. The molecule has 0 aliphatic rings. The highest BCUT2D eigenvalue weighted by Gasteiger charge is 2.31. The smallest absolute Gasteiger partial charge is 0.309 e. The van der Waals surface area contributed by atoms with Crippen molar-refractivity contribution in [3.8, 4) is 0 Å². The molecular formula is C18H25ClO3S. The molecule has 1 aromatic carbocycles. The maximum atomic E-state index is 12.6. The van der Waals surface area contributed by atoms with Crippen molar-refractivity contribution in [1.82, 2.24) is 0 Å². The Labute approximate surface area is 146 Å². The van der Waals surface area contributed by atoms with Gasteiger partial charge in [0.25, 0.3) is 0 Å². The number of hydrogen-bond acceptors (Lipinski definition) is 3. The summed E-state index contributed by atoms with van der Waals surface area (Å²) in [4.78, 5) is 12.2. The van der Waals surface area contributed by atoms with Crippen molar-refractivity contribution >= 4 is 28.4 Å². The average molecular weight is 357 g/mol. The summed E-state index contributed by atoms with van der Waals surface area (Å²) in [6, 6.07) is 7.33. The largest absolute Gasteiger partial charge is 0.461 e. The van der Waals surface area contributed by atoms with E-state index in [-0.39, 0.29) is 23.2 Å². The number of hydrogen-bond donors (Lipinski definition) is 0. The van der Waals surface area contributed by atoms with E-state index in [1.165, 1.54) is 6.08 Å². The average Bonchev–Trinajstić information content (AvgIpc) is 2.49. The fourth-order valence-electron chi connectivity index (χ4n) is 2.09. The summed E-state index contributed by atoms with van der Waals surface area (Å²) in [6.45, 7) is 11.3. The second-order valence-corrected chi connectivity index (χ2v) is 9.18. The van der Waals surface area contributed by atoms with Gasteiger partial charge in [-0.2, -0.15) is 0 Å². The van der Waals surface area contributed by atoms with Gasteiger partial charge in [-0.05, 0) is 38.5 Å². The highest BCUT2D eigenvalue weighted by molar-refractivity contribution is 7.86. The van der Waals surface area contributed by atoms with E-state index in [4.69, 9.17) is 16.3 Å². The minimum atomic E-state index is -1.08.